The van der Waals surface area contributed by atoms with E-state index in [0.29, 0.717) is 5.52 Å². The Labute approximate surface area is 138 Å². The number of fused-ring (bicyclic) bond motifs is 1. The van der Waals surface area contributed by atoms with Gasteiger partial charge < -0.3 is 14.6 Å². The highest BCUT2D eigenvalue weighted by molar-refractivity contribution is 7.09. The zero-order chi connectivity index (χ0) is 16.6. The summed E-state index contributed by atoms with van der Waals surface area (Å²) in [5.74, 6) is -0.113. The van der Waals surface area contributed by atoms with Crippen LogP contribution >= 0.6 is 11.3 Å². The Bertz CT molecular complexity index is 868. The molecule has 0 amide bonds. The summed E-state index contributed by atoms with van der Waals surface area (Å²) in [5.41, 5.74) is 4.83. The first-order valence-corrected chi connectivity index (χ1v) is 8.15. The second-order valence-corrected chi connectivity index (χ2v) is 6.45. The highest BCUT2D eigenvalue weighted by Crippen LogP contribution is 2.22. The van der Waals surface area contributed by atoms with E-state index in [1.54, 1.807) is 29.5 Å². The predicted octanol–water partition coefficient (Wildman–Crippen LogP) is 2.72. The Morgan fingerprint density at radius 2 is 2.22 bits per heavy atom. The van der Waals surface area contributed by atoms with E-state index < -0.39 is 5.97 Å². The van der Waals surface area contributed by atoms with Crippen LogP contribution in [0.3, 0.4) is 0 Å². The molecule has 1 aromatic carbocycles. The maximum absolute atomic E-state index is 11.1. The first kappa shape index (κ1) is 15.5. The first-order chi connectivity index (χ1) is 11.0. The Hall–Kier alpha value is -2.41. The molecule has 0 spiro atoms. The summed E-state index contributed by atoms with van der Waals surface area (Å²) in [4.78, 5) is 23.3. The second-order valence-electron chi connectivity index (χ2n) is 5.51. The molecule has 0 aliphatic heterocycles. The van der Waals surface area contributed by atoms with Crippen molar-refractivity contribution in [3.63, 3.8) is 0 Å². The average molecular weight is 330 g/mol. The number of nitrogens with zero attached hydrogens (tertiary/aromatic N) is 4. The van der Waals surface area contributed by atoms with E-state index in [1.165, 1.54) is 4.88 Å². The van der Waals surface area contributed by atoms with Crippen LogP contribution in [0.5, 0.6) is 0 Å². The second kappa shape index (κ2) is 6.00. The van der Waals surface area contributed by atoms with Crippen molar-refractivity contribution in [2.75, 3.05) is 18.5 Å². The Morgan fingerprint density at radius 1 is 1.43 bits per heavy atom. The van der Waals surface area contributed by atoms with Gasteiger partial charge in [-0.05, 0) is 25.1 Å². The van der Waals surface area contributed by atoms with Gasteiger partial charge in [0, 0.05) is 31.9 Å². The standard InChI is InChI=1S/C16H18N4O2S/c1-10-14(23-9-17-10)6-7-19(2)16-18-12-8-11(15(21)22)4-5-13(12)20(16)3/h4-5,8-9H,6-7H2,1-3H3,(H,21,22). The molecule has 0 fully saturated rings. The minimum atomic E-state index is -0.937. The lowest BCUT2D eigenvalue weighted by atomic mass is 10.2. The van der Waals surface area contributed by atoms with Gasteiger partial charge in [-0.2, -0.15) is 0 Å². The Morgan fingerprint density at radius 3 is 2.87 bits per heavy atom. The number of rotatable bonds is 5. The molecule has 1 N–H and O–H groups in total. The van der Waals surface area contributed by atoms with Crippen LogP contribution < -0.4 is 4.90 Å². The molecule has 0 saturated carbocycles. The molecule has 6 nitrogen and oxygen atoms in total. The molecule has 2 aromatic heterocycles. The van der Waals surface area contributed by atoms with Gasteiger partial charge in [0.05, 0.1) is 27.8 Å². The fraction of sp³-hybridized carbons (Fsp3) is 0.312. The van der Waals surface area contributed by atoms with E-state index >= 15 is 0 Å². The van der Waals surface area contributed by atoms with Crippen molar-refractivity contribution >= 4 is 34.3 Å². The molecule has 7 heteroatoms. The van der Waals surface area contributed by atoms with Gasteiger partial charge in [0.15, 0.2) is 0 Å². The molecule has 3 aromatic rings. The van der Waals surface area contributed by atoms with Gasteiger partial charge in [0.2, 0.25) is 5.95 Å². The van der Waals surface area contributed by atoms with Crippen LogP contribution in [0.15, 0.2) is 23.7 Å². The number of imidazole rings is 1. The lowest BCUT2D eigenvalue weighted by Crippen LogP contribution is -2.23. The molecule has 0 saturated heterocycles. The summed E-state index contributed by atoms with van der Waals surface area (Å²) in [6.07, 6.45) is 0.913. The SMILES string of the molecule is Cc1ncsc1CCN(C)c1nc2cc(C(=O)O)ccc2n1C. The number of hydrogen-bond acceptors (Lipinski definition) is 5. The molecule has 0 aliphatic rings. The Kier molecular flexibility index (Phi) is 4.04. The van der Waals surface area contributed by atoms with Gasteiger partial charge in [-0.1, -0.05) is 0 Å². The molecule has 2 heterocycles. The van der Waals surface area contributed by atoms with Crippen molar-refractivity contribution in [2.24, 2.45) is 7.05 Å². The first-order valence-electron chi connectivity index (χ1n) is 7.27. The van der Waals surface area contributed by atoms with Crippen molar-refractivity contribution in [3.05, 3.63) is 39.8 Å². The quantitative estimate of drug-likeness (QED) is 0.779. The summed E-state index contributed by atoms with van der Waals surface area (Å²) in [5, 5.41) is 9.10. The lowest BCUT2D eigenvalue weighted by Gasteiger charge is -2.17. The predicted molar refractivity (Wildman–Crippen MR) is 91.5 cm³/mol. The highest BCUT2D eigenvalue weighted by atomic mass is 32.1. The number of hydrogen-bond donors (Lipinski definition) is 1. The third kappa shape index (κ3) is 2.92. The van der Waals surface area contributed by atoms with Gasteiger partial charge in [0.1, 0.15) is 0 Å². The molecular formula is C16H18N4O2S. The molecule has 0 aliphatic carbocycles. The third-order valence-electron chi connectivity index (χ3n) is 3.96. The van der Waals surface area contributed by atoms with E-state index in [4.69, 9.17) is 5.11 Å². The zero-order valence-electron chi connectivity index (χ0n) is 13.3. The fourth-order valence-corrected chi connectivity index (χ4v) is 3.37. The fourth-order valence-electron chi connectivity index (χ4n) is 2.60. The number of carbonyl (C=O) groups is 1. The highest BCUT2D eigenvalue weighted by Gasteiger charge is 2.14. The van der Waals surface area contributed by atoms with Crippen molar-refractivity contribution in [1.29, 1.82) is 0 Å². The number of aryl methyl sites for hydroxylation is 2. The molecule has 23 heavy (non-hydrogen) atoms. The zero-order valence-corrected chi connectivity index (χ0v) is 14.1. The van der Waals surface area contributed by atoms with Crippen LogP contribution in [0.2, 0.25) is 0 Å². The normalized spacial score (nSPS) is 11.1. The van der Waals surface area contributed by atoms with Crippen molar-refractivity contribution in [2.45, 2.75) is 13.3 Å². The van der Waals surface area contributed by atoms with Crippen LogP contribution in [0, 0.1) is 6.92 Å². The van der Waals surface area contributed by atoms with E-state index in [-0.39, 0.29) is 5.56 Å². The van der Waals surface area contributed by atoms with Crippen molar-refractivity contribution in [1.82, 2.24) is 14.5 Å². The number of carboxylic acid groups (broad SMARTS) is 1. The number of aromatic nitrogens is 3. The minimum absolute atomic E-state index is 0.255. The smallest absolute Gasteiger partial charge is 0.335 e. The summed E-state index contributed by atoms with van der Waals surface area (Å²) < 4.78 is 1.99. The number of likely N-dealkylation sites (N-methyl/N-ethyl adjacent to an activating group) is 1. The average Bonchev–Trinajstić information content (AvgIpc) is 3.08. The molecule has 0 unspecified atom stereocenters. The molecule has 3 rings (SSSR count). The number of benzene rings is 1. The lowest BCUT2D eigenvalue weighted by molar-refractivity contribution is 0.0697. The van der Waals surface area contributed by atoms with E-state index in [2.05, 4.69) is 14.9 Å². The van der Waals surface area contributed by atoms with Gasteiger partial charge in [-0.3, -0.25) is 0 Å². The third-order valence-corrected chi connectivity index (χ3v) is 4.96. The molecule has 120 valence electrons. The van der Waals surface area contributed by atoms with Crippen molar-refractivity contribution < 1.29 is 9.90 Å². The van der Waals surface area contributed by atoms with Crippen LogP contribution in [-0.2, 0) is 13.5 Å². The molecular weight excluding hydrogens is 312 g/mol. The molecule has 0 atom stereocenters. The van der Waals surface area contributed by atoms with E-state index in [9.17, 15) is 4.79 Å². The number of aromatic carboxylic acids is 1. The number of thiazole rings is 1. The summed E-state index contributed by atoms with van der Waals surface area (Å²) >= 11 is 1.67. The maximum Gasteiger partial charge on any atom is 0.335 e. The molecule has 0 bridgehead atoms. The van der Waals surface area contributed by atoms with Gasteiger partial charge >= 0.3 is 5.97 Å². The van der Waals surface area contributed by atoms with Crippen LogP contribution in [0.1, 0.15) is 20.9 Å². The Balaban J connectivity index is 1.85. The topological polar surface area (TPSA) is 71.2 Å². The maximum atomic E-state index is 11.1. The largest absolute Gasteiger partial charge is 0.478 e. The van der Waals surface area contributed by atoms with Gasteiger partial charge in [-0.15, -0.1) is 11.3 Å². The van der Waals surface area contributed by atoms with Gasteiger partial charge in [0.25, 0.3) is 0 Å². The van der Waals surface area contributed by atoms with Crippen LogP contribution in [0.25, 0.3) is 11.0 Å². The van der Waals surface area contributed by atoms with Gasteiger partial charge in [-0.25, -0.2) is 14.8 Å². The summed E-state index contributed by atoms with van der Waals surface area (Å²) in [6, 6.07) is 5.02. The van der Waals surface area contributed by atoms with Crippen molar-refractivity contribution in [3.8, 4) is 0 Å². The van der Waals surface area contributed by atoms with Crippen LogP contribution in [0.4, 0.5) is 5.95 Å². The van der Waals surface area contributed by atoms with Crippen LogP contribution in [-0.4, -0.2) is 39.2 Å². The summed E-state index contributed by atoms with van der Waals surface area (Å²) in [7, 11) is 3.94. The van der Waals surface area contributed by atoms with E-state index in [1.807, 2.05) is 31.1 Å². The minimum Gasteiger partial charge on any atom is -0.478 e. The number of anilines is 1. The monoisotopic (exact) mass is 330 g/mol. The van der Waals surface area contributed by atoms with E-state index in [0.717, 1.165) is 30.1 Å². The summed E-state index contributed by atoms with van der Waals surface area (Å²) in [6.45, 7) is 2.85. The number of carboxylic acids is 1. The molecule has 0 radical (unpaired) electrons.